The van der Waals surface area contributed by atoms with Gasteiger partial charge in [0.2, 0.25) is 0 Å². The van der Waals surface area contributed by atoms with Crippen LogP contribution in [0.2, 0.25) is 0 Å². The molecule has 1 aliphatic heterocycles. The molecule has 1 aliphatic rings. The zero-order chi connectivity index (χ0) is 19.8. The van der Waals surface area contributed by atoms with Gasteiger partial charge < -0.3 is 4.90 Å². The topological polar surface area (TPSA) is 16.1 Å². The van der Waals surface area contributed by atoms with Crippen LogP contribution in [0.4, 0.5) is 5.69 Å². The Hall–Kier alpha value is -1.83. The van der Waals surface area contributed by atoms with Crippen LogP contribution in [-0.4, -0.2) is 17.1 Å². The Kier molecular flexibility index (Phi) is 5.65. The molecule has 27 heavy (non-hydrogen) atoms. The van der Waals surface area contributed by atoms with Gasteiger partial charge in [-0.15, -0.1) is 0 Å². The van der Waals surface area contributed by atoms with E-state index in [2.05, 4.69) is 89.8 Å². The van der Waals surface area contributed by atoms with E-state index in [-0.39, 0.29) is 5.41 Å². The summed E-state index contributed by atoms with van der Waals surface area (Å²) < 4.78 is 0. The Morgan fingerprint density at radius 1 is 1.04 bits per heavy atom. The molecule has 2 aromatic rings. The summed E-state index contributed by atoms with van der Waals surface area (Å²) in [7, 11) is 0. The van der Waals surface area contributed by atoms with Gasteiger partial charge >= 0.3 is 0 Å². The lowest BCUT2D eigenvalue weighted by Crippen LogP contribution is -2.47. The van der Waals surface area contributed by atoms with Crippen molar-refractivity contribution in [2.75, 3.05) is 4.90 Å². The monoisotopic (exact) mass is 364 g/mol. The van der Waals surface area contributed by atoms with Crippen LogP contribution >= 0.6 is 0 Å². The summed E-state index contributed by atoms with van der Waals surface area (Å²) in [6, 6.07) is 14.4. The van der Waals surface area contributed by atoms with Crippen molar-refractivity contribution in [3.63, 3.8) is 0 Å². The van der Waals surface area contributed by atoms with Crippen LogP contribution in [0.1, 0.15) is 83.5 Å². The van der Waals surface area contributed by atoms with Crippen LogP contribution in [0.15, 0.2) is 42.6 Å². The molecule has 2 heterocycles. The number of anilines is 1. The smallest absolute Gasteiger partial charge is 0.0463 e. The summed E-state index contributed by atoms with van der Waals surface area (Å²) in [4.78, 5) is 7.35. The molecule has 0 N–H and O–H groups in total. The minimum Gasteiger partial charge on any atom is -0.365 e. The molecule has 0 saturated heterocycles. The molecule has 0 aliphatic carbocycles. The predicted octanol–water partition coefficient (Wildman–Crippen LogP) is 6.56. The molecule has 0 fully saturated rings. The second-order valence-corrected chi connectivity index (χ2v) is 9.58. The highest BCUT2D eigenvalue weighted by Gasteiger charge is 2.41. The van der Waals surface area contributed by atoms with Crippen molar-refractivity contribution < 1.29 is 0 Å². The lowest BCUT2D eigenvalue weighted by Gasteiger charge is -2.43. The fourth-order valence-electron chi connectivity index (χ4n) is 5.06. The second-order valence-electron chi connectivity index (χ2n) is 9.58. The number of nitrogens with zero attached hydrogens (tertiary/aromatic N) is 2. The normalized spacial score (nSPS) is 18.3. The van der Waals surface area contributed by atoms with Crippen molar-refractivity contribution >= 4 is 5.69 Å². The van der Waals surface area contributed by atoms with Gasteiger partial charge in [-0.2, -0.15) is 0 Å². The molecule has 146 valence electrons. The standard InChI is InChI=1S/C25H36N2/c1-17(2)24-21(12-10-14-26-24)19(5)16-25(6,7)23-15-20-11-8-9-13-22(20)27(23)18(3)4/h8-14,17-19,23H,15-16H2,1-7H3. The maximum Gasteiger partial charge on any atom is 0.0463 e. The minimum absolute atomic E-state index is 0.215. The van der Waals surface area contributed by atoms with E-state index < -0.39 is 0 Å². The fraction of sp³-hybridized carbons (Fsp3) is 0.560. The molecule has 1 aromatic heterocycles. The van der Waals surface area contributed by atoms with E-state index in [1.165, 1.54) is 28.9 Å². The molecular weight excluding hydrogens is 328 g/mol. The van der Waals surface area contributed by atoms with E-state index in [4.69, 9.17) is 4.98 Å². The molecular formula is C25H36N2. The number of hydrogen-bond acceptors (Lipinski definition) is 2. The highest BCUT2D eigenvalue weighted by Crippen LogP contribution is 2.45. The summed E-state index contributed by atoms with van der Waals surface area (Å²) in [6.45, 7) is 16.4. The number of fused-ring (bicyclic) bond motifs is 1. The molecule has 2 atom stereocenters. The average Bonchev–Trinajstić information content (AvgIpc) is 3.02. The highest BCUT2D eigenvalue weighted by atomic mass is 15.2. The van der Waals surface area contributed by atoms with Crippen molar-refractivity contribution in [2.45, 2.75) is 85.2 Å². The van der Waals surface area contributed by atoms with Gasteiger partial charge in [-0.25, -0.2) is 0 Å². The van der Waals surface area contributed by atoms with Crippen LogP contribution in [0.25, 0.3) is 0 Å². The van der Waals surface area contributed by atoms with Crippen molar-refractivity contribution in [3.8, 4) is 0 Å². The van der Waals surface area contributed by atoms with Gasteiger partial charge in [0.1, 0.15) is 0 Å². The molecule has 0 amide bonds. The van der Waals surface area contributed by atoms with Crippen molar-refractivity contribution in [1.82, 2.24) is 4.98 Å². The van der Waals surface area contributed by atoms with Crippen LogP contribution < -0.4 is 4.90 Å². The molecule has 2 nitrogen and oxygen atoms in total. The lowest BCUT2D eigenvalue weighted by molar-refractivity contribution is 0.234. The molecule has 1 aromatic carbocycles. The number of para-hydroxylation sites is 1. The summed E-state index contributed by atoms with van der Waals surface area (Å²) in [6.07, 6.45) is 4.25. The zero-order valence-electron chi connectivity index (χ0n) is 18.2. The Labute approximate surface area is 166 Å². The maximum atomic E-state index is 4.69. The Bertz CT molecular complexity index is 775. The van der Waals surface area contributed by atoms with Gasteiger partial charge in [0.25, 0.3) is 0 Å². The van der Waals surface area contributed by atoms with Gasteiger partial charge in [0, 0.05) is 29.7 Å². The number of hydrogen-bond donors (Lipinski definition) is 0. The largest absolute Gasteiger partial charge is 0.365 e. The Morgan fingerprint density at radius 2 is 1.74 bits per heavy atom. The third-order valence-electron chi connectivity index (χ3n) is 6.26. The van der Waals surface area contributed by atoms with Crippen LogP contribution in [0.3, 0.4) is 0 Å². The van der Waals surface area contributed by atoms with Crippen molar-refractivity contribution in [2.24, 2.45) is 5.41 Å². The van der Waals surface area contributed by atoms with Gasteiger partial charge in [0.15, 0.2) is 0 Å². The van der Waals surface area contributed by atoms with Gasteiger partial charge in [0.05, 0.1) is 0 Å². The third kappa shape index (κ3) is 3.90. The predicted molar refractivity (Wildman–Crippen MR) is 117 cm³/mol. The van der Waals surface area contributed by atoms with Gasteiger partial charge in [-0.1, -0.05) is 58.9 Å². The van der Waals surface area contributed by atoms with Crippen LogP contribution in [0, 0.1) is 5.41 Å². The van der Waals surface area contributed by atoms with E-state index in [9.17, 15) is 0 Å². The van der Waals surface area contributed by atoms with Crippen LogP contribution in [-0.2, 0) is 6.42 Å². The summed E-state index contributed by atoms with van der Waals surface area (Å²) in [5.74, 6) is 0.971. The van der Waals surface area contributed by atoms with Crippen molar-refractivity contribution in [1.29, 1.82) is 0 Å². The van der Waals surface area contributed by atoms with Gasteiger partial charge in [-0.05, 0) is 67.2 Å². The molecule has 2 heteroatoms. The molecule has 0 saturated carbocycles. The summed E-state index contributed by atoms with van der Waals surface area (Å²) in [5, 5.41) is 0. The summed E-state index contributed by atoms with van der Waals surface area (Å²) in [5.41, 5.74) is 5.83. The molecule has 2 unspecified atom stereocenters. The third-order valence-corrected chi connectivity index (χ3v) is 6.26. The minimum atomic E-state index is 0.215. The van der Waals surface area contributed by atoms with Crippen LogP contribution in [0.5, 0.6) is 0 Å². The van der Waals surface area contributed by atoms with E-state index in [1.807, 2.05) is 6.20 Å². The average molecular weight is 365 g/mol. The molecule has 0 spiro atoms. The first-order valence-corrected chi connectivity index (χ1v) is 10.5. The quantitative estimate of drug-likeness (QED) is 0.576. The molecule has 0 radical (unpaired) electrons. The van der Waals surface area contributed by atoms with E-state index >= 15 is 0 Å². The lowest BCUT2D eigenvalue weighted by atomic mass is 9.73. The Morgan fingerprint density at radius 3 is 2.41 bits per heavy atom. The molecule has 3 rings (SSSR count). The highest BCUT2D eigenvalue weighted by molar-refractivity contribution is 5.60. The number of rotatable bonds is 6. The second kappa shape index (κ2) is 7.66. The first kappa shape index (κ1) is 19.9. The number of aromatic nitrogens is 1. The fourth-order valence-corrected chi connectivity index (χ4v) is 5.06. The van der Waals surface area contributed by atoms with E-state index in [0.717, 1.165) is 6.42 Å². The number of pyridine rings is 1. The zero-order valence-corrected chi connectivity index (χ0v) is 18.2. The first-order valence-electron chi connectivity index (χ1n) is 10.5. The maximum absolute atomic E-state index is 4.69. The van der Waals surface area contributed by atoms with Crippen molar-refractivity contribution in [3.05, 3.63) is 59.4 Å². The first-order chi connectivity index (χ1) is 12.7. The Balaban J connectivity index is 1.87. The number of benzene rings is 1. The summed E-state index contributed by atoms with van der Waals surface area (Å²) >= 11 is 0. The SMILES string of the molecule is CC(C)c1ncccc1C(C)CC(C)(C)C1Cc2ccccc2N1C(C)C. The van der Waals surface area contributed by atoms with Gasteiger partial charge in [-0.3, -0.25) is 4.98 Å². The van der Waals surface area contributed by atoms with E-state index in [1.54, 1.807) is 0 Å². The van der Waals surface area contributed by atoms with E-state index in [0.29, 0.717) is 23.9 Å². The molecule has 0 bridgehead atoms.